The molecule has 10 nitrogen and oxygen atoms in total. The van der Waals surface area contributed by atoms with Crippen LogP contribution in [0.3, 0.4) is 0 Å². The van der Waals surface area contributed by atoms with Crippen LogP contribution in [0.15, 0.2) is 69.5 Å². The Balaban J connectivity index is 1.10. The Morgan fingerprint density at radius 1 is 0.897 bits per heavy atom. The molecule has 1 spiro atoms. The molecule has 0 saturated carbocycles. The fourth-order valence-corrected chi connectivity index (χ4v) is 5.75. The summed E-state index contributed by atoms with van der Waals surface area (Å²) < 4.78 is 17.0. The van der Waals surface area contributed by atoms with Gasteiger partial charge in [-0.3, -0.25) is 19.7 Å². The average molecular weight is 530 g/mol. The van der Waals surface area contributed by atoms with E-state index < -0.39 is 4.92 Å². The molecule has 0 aliphatic carbocycles. The second-order valence-corrected chi connectivity index (χ2v) is 10.2. The maximum atomic E-state index is 13.2. The molecule has 0 N–H and O–H groups in total. The number of piperidine rings is 1. The van der Waals surface area contributed by atoms with Crippen LogP contribution in [-0.2, 0) is 0 Å². The van der Waals surface area contributed by atoms with Crippen molar-refractivity contribution in [2.75, 3.05) is 33.3 Å². The van der Waals surface area contributed by atoms with Crippen LogP contribution in [0.5, 0.6) is 5.75 Å². The number of furan rings is 2. The number of nitro groups is 1. The number of carbonyl (C=O) groups is 2. The van der Waals surface area contributed by atoms with Crippen LogP contribution < -0.4 is 4.74 Å². The molecule has 200 valence electrons. The van der Waals surface area contributed by atoms with E-state index in [-0.39, 0.29) is 34.4 Å². The van der Waals surface area contributed by atoms with Gasteiger partial charge in [0.1, 0.15) is 5.76 Å². The van der Waals surface area contributed by atoms with Crippen LogP contribution in [0, 0.1) is 15.5 Å². The second-order valence-electron chi connectivity index (χ2n) is 10.2. The molecule has 0 radical (unpaired) electrons. The summed E-state index contributed by atoms with van der Waals surface area (Å²) >= 11 is 0. The van der Waals surface area contributed by atoms with Crippen LogP contribution in [0.4, 0.5) is 5.69 Å². The highest BCUT2D eigenvalue weighted by molar-refractivity contribution is 5.97. The fraction of sp³-hybridized carbons (Fsp3) is 0.310. The van der Waals surface area contributed by atoms with Gasteiger partial charge in [-0.05, 0) is 55.0 Å². The molecule has 0 unspecified atom stereocenters. The lowest BCUT2D eigenvalue weighted by molar-refractivity contribution is -0.384. The summed E-state index contributed by atoms with van der Waals surface area (Å²) in [7, 11) is 1.57. The number of amides is 2. The number of carbonyl (C=O) groups excluding carboxylic acids is 2. The van der Waals surface area contributed by atoms with E-state index in [4.69, 9.17) is 13.6 Å². The molecule has 4 heterocycles. The zero-order valence-electron chi connectivity index (χ0n) is 21.4. The molecule has 2 aromatic carbocycles. The normalized spacial score (nSPS) is 16.6. The van der Waals surface area contributed by atoms with E-state index in [0.29, 0.717) is 48.8 Å². The Kier molecular flexibility index (Phi) is 6.09. The predicted octanol–water partition coefficient (Wildman–Crippen LogP) is 5.38. The topological polar surface area (TPSA) is 119 Å². The number of ether oxygens (including phenoxy) is 1. The summed E-state index contributed by atoms with van der Waals surface area (Å²) in [5.41, 5.74) is 0.759. The molecule has 4 aromatic rings. The van der Waals surface area contributed by atoms with Gasteiger partial charge in [0, 0.05) is 37.6 Å². The molecule has 2 aliphatic heterocycles. The maximum absolute atomic E-state index is 13.2. The van der Waals surface area contributed by atoms with Gasteiger partial charge in [-0.15, -0.1) is 0 Å². The van der Waals surface area contributed by atoms with E-state index in [1.165, 1.54) is 6.07 Å². The van der Waals surface area contributed by atoms with Crippen molar-refractivity contribution in [3.05, 3.63) is 82.3 Å². The minimum Gasteiger partial charge on any atom is -0.493 e. The summed E-state index contributed by atoms with van der Waals surface area (Å²) in [4.78, 5) is 40.9. The summed E-state index contributed by atoms with van der Waals surface area (Å²) in [6, 6.07) is 16.8. The summed E-state index contributed by atoms with van der Waals surface area (Å²) in [6.45, 7) is 2.34. The highest BCUT2D eigenvalue weighted by Gasteiger charge is 2.43. The lowest BCUT2D eigenvalue weighted by Crippen LogP contribution is -2.44. The zero-order valence-corrected chi connectivity index (χ0v) is 21.4. The highest BCUT2D eigenvalue weighted by Crippen LogP contribution is 2.42. The third-order valence-corrected chi connectivity index (χ3v) is 7.96. The molecule has 39 heavy (non-hydrogen) atoms. The van der Waals surface area contributed by atoms with E-state index in [0.717, 1.165) is 24.6 Å². The smallest absolute Gasteiger partial charge is 0.289 e. The average Bonchev–Trinajstić information content (AvgIpc) is 3.71. The lowest BCUT2D eigenvalue weighted by Gasteiger charge is -2.38. The largest absolute Gasteiger partial charge is 0.493 e. The predicted molar refractivity (Wildman–Crippen MR) is 142 cm³/mol. The van der Waals surface area contributed by atoms with Crippen molar-refractivity contribution >= 4 is 28.5 Å². The van der Waals surface area contributed by atoms with E-state index in [9.17, 15) is 19.7 Å². The third kappa shape index (κ3) is 4.41. The van der Waals surface area contributed by atoms with Crippen LogP contribution in [0.25, 0.3) is 22.3 Å². The molecular formula is C29H27N3O7. The van der Waals surface area contributed by atoms with Crippen LogP contribution in [0.2, 0.25) is 0 Å². The van der Waals surface area contributed by atoms with Crippen molar-refractivity contribution in [1.29, 1.82) is 0 Å². The molecule has 0 bridgehead atoms. The first-order valence-corrected chi connectivity index (χ1v) is 12.9. The zero-order chi connectivity index (χ0) is 27.1. The molecule has 2 fully saturated rings. The minimum absolute atomic E-state index is 0.0584. The Labute approximate surface area is 223 Å². The van der Waals surface area contributed by atoms with E-state index in [2.05, 4.69) is 0 Å². The third-order valence-electron chi connectivity index (χ3n) is 7.96. The Hall–Kier alpha value is -4.60. The summed E-state index contributed by atoms with van der Waals surface area (Å²) in [5, 5.41) is 12.2. The van der Waals surface area contributed by atoms with Crippen molar-refractivity contribution in [3.63, 3.8) is 0 Å². The molecular weight excluding hydrogens is 502 g/mol. The number of methoxy groups -OCH3 is 1. The van der Waals surface area contributed by atoms with Crippen molar-refractivity contribution in [2.24, 2.45) is 5.41 Å². The van der Waals surface area contributed by atoms with Crippen LogP contribution in [-0.4, -0.2) is 59.8 Å². The number of nitrogens with zero attached hydrogens (tertiary/aromatic N) is 3. The van der Waals surface area contributed by atoms with Gasteiger partial charge < -0.3 is 23.4 Å². The number of fused-ring (bicyclic) bond motifs is 1. The van der Waals surface area contributed by atoms with Gasteiger partial charge in [0.2, 0.25) is 0 Å². The highest BCUT2D eigenvalue weighted by atomic mass is 16.6. The van der Waals surface area contributed by atoms with Crippen molar-refractivity contribution in [3.8, 4) is 17.1 Å². The van der Waals surface area contributed by atoms with Gasteiger partial charge in [-0.25, -0.2) is 0 Å². The molecule has 2 saturated heterocycles. The maximum Gasteiger partial charge on any atom is 0.289 e. The van der Waals surface area contributed by atoms with Gasteiger partial charge in [0.25, 0.3) is 17.5 Å². The second kappa shape index (κ2) is 9.61. The first kappa shape index (κ1) is 24.7. The lowest BCUT2D eigenvalue weighted by atomic mass is 9.77. The first-order chi connectivity index (χ1) is 18.9. The van der Waals surface area contributed by atoms with Gasteiger partial charge in [0.05, 0.1) is 17.6 Å². The number of hydrogen-bond acceptors (Lipinski definition) is 7. The standard InChI is InChI=1S/C29H27N3O7/c1-37-23-8-4-5-19-17-25(39-26(19)23)28(34)30-14-11-29(12-15-30)13-16-31(18-29)27(33)24-10-9-22(38-24)20-6-2-3-7-21(20)32(35)36/h2-10,17H,11-16,18H2,1H3. The van der Waals surface area contributed by atoms with E-state index >= 15 is 0 Å². The number of hydrogen-bond donors (Lipinski definition) is 0. The van der Waals surface area contributed by atoms with E-state index in [1.54, 1.807) is 54.5 Å². The quantitative estimate of drug-likeness (QED) is 0.252. The monoisotopic (exact) mass is 529 g/mol. The number of likely N-dealkylation sites (tertiary alicyclic amines) is 2. The Morgan fingerprint density at radius 3 is 2.36 bits per heavy atom. The van der Waals surface area contributed by atoms with Gasteiger partial charge in [-0.1, -0.05) is 24.3 Å². The number of rotatable bonds is 5. The van der Waals surface area contributed by atoms with Crippen molar-refractivity contribution in [1.82, 2.24) is 9.80 Å². The molecule has 6 rings (SSSR count). The molecule has 0 atom stereocenters. The van der Waals surface area contributed by atoms with Crippen LogP contribution in [0.1, 0.15) is 40.4 Å². The van der Waals surface area contributed by atoms with Crippen LogP contribution >= 0.6 is 0 Å². The molecule has 2 aliphatic rings. The molecule has 10 heteroatoms. The summed E-state index contributed by atoms with van der Waals surface area (Å²) in [5.74, 6) is 0.952. The Bertz CT molecular complexity index is 1580. The fourth-order valence-electron chi connectivity index (χ4n) is 5.75. The van der Waals surface area contributed by atoms with Gasteiger partial charge >= 0.3 is 0 Å². The van der Waals surface area contributed by atoms with Crippen molar-refractivity contribution in [2.45, 2.75) is 19.3 Å². The van der Waals surface area contributed by atoms with Gasteiger partial charge in [0.15, 0.2) is 22.9 Å². The number of para-hydroxylation sites is 2. The molecule has 2 aromatic heterocycles. The minimum atomic E-state index is -0.467. The molecule has 2 amide bonds. The first-order valence-electron chi connectivity index (χ1n) is 12.9. The Morgan fingerprint density at radius 2 is 1.62 bits per heavy atom. The summed E-state index contributed by atoms with van der Waals surface area (Å²) in [6.07, 6.45) is 2.41. The van der Waals surface area contributed by atoms with E-state index in [1.807, 2.05) is 17.0 Å². The number of benzene rings is 2. The SMILES string of the molecule is COc1cccc2cc(C(=O)N3CCC4(CCN(C(=O)c5ccc(-c6ccccc6[N+](=O)[O-])o5)C4)CC3)oc12. The van der Waals surface area contributed by atoms with Crippen molar-refractivity contribution < 1.29 is 28.1 Å². The van der Waals surface area contributed by atoms with Gasteiger partial charge in [-0.2, -0.15) is 0 Å². The number of nitro benzene ring substituents is 1.